The van der Waals surface area contributed by atoms with E-state index in [2.05, 4.69) is 5.32 Å². The van der Waals surface area contributed by atoms with E-state index >= 15 is 0 Å². The molecule has 20 heavy (non-hydrogen) atoms. The third-order valence-electron chi connectivity index (χ3n) is 3.00. The Morgan fingerprint density at radius 1 is 1.50 bits per heavy atom. The molecule has 0 saturated heterocycles. The molecule has 0 aliphatic heterocycles. The minimum atomic E-state index is -0.701. The Labute approximate surface area is 115 Å². The number of carbonyl (C=O) groups excluding carboxylic acids is 1. The van der Waals surface area contributed by atoms with Crippen LogP contribution < -0.4 is 10.9 Å². The highest BCUT2D eigenvalue weighted by atomic mass is 16.3. The molecule has 0 aliphatic carbocycles. The lowest BCUT2D eigenvalue weighted by atomic mass is 10.1. The number of aliphatic hydroxyl groups excluding tert-OH is 1. The summed E-state index contributed by atoms with van der Waals surface area (Å²) in [5.74, 6) is -0.439. The largest absolute Gasteiger partial charge is 0.472 e. The normalized spacial score (nSPS) is 12.1. The average Bonchev–Trinajstić information content (AvgIpc) is 2.95. The Bertz CT molecular complexity index is 631. The van der Waals surface area contributed by atoms with Gasteiger partial charge in [-0.15, -0.1) is 0 Å². The minimum absolute atomic E-state index is 0.0906. The van der Waals surface area contributed by atoms with Crippen molar-refractivity contribution in [3.8, 4) is 0 Å². The number of hydrogen-bond acceptors (Lipinski definition) is 4. The van der Waals surface area contributed by atoms with Crippen molar-refractivity contribution in [3.05, 3.63) is 58.4 Å². The number of pyridine rings is 1. The lowest BCUT2D eigenvalue weighted by Gasteiger charge is -2.09. The van der Waals surface area contributed by atoms with Crippen LogP contribution in [0.5, 0.6) is 0 Å². The van der Waals surface area contributed by atoms with Crippen LogP contribution >= 0.6 is 0 Å². The molecule has 1 amide bonds. The standard InChI is InChI=1S/C14H16N2O4/c1-16-7-2-3-11(14(16)19)13(18)15-6-4-12(17)10-5-8-20-9-10/h2-3,5,7-9,12,17H,4,6H2,1H3,(H,15,18)/t12-/m0/s1. The van der Waals surface area contributed by atoms with Gasteiger partial charge < -0.3 is 19.4 Å². The van der Waals surface area contributed by atoms with Gasteiger partial charge in [-0.1, -0.05) is 0 Å². The van der Waals surface area contributed by atoms with Crippen molar-refractivity contribution in [3.63, 3.8) is 0 Å². The monoisotopic (exact) mass is 276 g/mol. The third kappa shape index (κ3) is 3.16. The van der Waals surface area contributed by atoms with Crippen molar-refractivity contribution in [2.75, 3.05) is 6.54 Å². The van der Waals surface area contributed by atoms with Crippen LogP contribution in [0.15, 0.2) is 46.1 Å². The molecule has 2 rings (SSSR count). The molecular formula is C14H16N2O4. The number of aryl methyl sites for hydroxylation is 1. The summed E-state index contributed by atoms with van der Waals surface area (Å²) < 4.78 is 6.21. The Balaban J connectivity index is 1.90. The first-order chi connectivity index (χ1) is 9.59. The number of aliphatic hydroxyl groups is 1. The summed E-state index contributed by atoms with van der Waals surface area (Å²) in [6.07, 6.45) is 4.16. The number of furan rings is 1. The van der Waals surface area contributed by atoms with E-state index in [-0.39, 0.29) is 17.7 Å². The number of hydrogen-bond donors (Lipinski definition) is 2. The number of nitrogens with zero attached hydrogens (tertiary/aromatic N) is 1. The molecule has 6 nitrogen and oxygen atoms in total. The molecule has 106 valence electrons. The summed E-state index contributed by atoms with van der Waals surface area (Å²) in [5, 5.41) is 12.4. The van der Waals surface area contributed by atoms with E-state index in [0.717, 1.165) is 0 Å². The van der Waals surface area contributed by atoms with Crippen molar-refractivity contribution < 1.29 is 14.3 Å². The van der Waals surface area contributed by atoms with Crippen molar-refractivity contribution in [2.24, 2.45) is 7.05 Å². The minimum Gasteiger partial charge on any atom is -0.472 e. The molecule has 1 atom stereocenters. The predicted molar refractivity (Wildman–Crippen MR) is 72.3 cm³/mol. The highest BCUT2D eigenvalue weighted by molar-refractivity contribution is 5.93. The van der Waals surface area contributed by atoms with Crippen LogP contribution in [0.3, 0.4) is 0 Å². The zero-order valence-electron chi connectivity index (χ0n) is 11.1. The fourth-order valence-electron chi connectivity index (χ4n) is 1.82. The first-order valence-electron chi connectivity index (χ1n) is 6.23. The van der Waals surface area contributed by atoms with Crippen molar-refractivity contribution in [2.45, 2.75) is 12.5 Å². The van der Waals surface area contributed by atoms with Gasteiger partial charge in [-0.25, -0.2) is 0 Å². The summed E-state index contributed by atoms with van der Waals surface area (Å²) in [6, 6.07) is 4.78. The predicted octanol–water partition coefficient (Wildman–Crippen LogP) is 0.832. The molecule has 0 saturated carbocycles. The third-order valence-corrected chi connectivity index (χ3v) is 3.00. The molecule has 2 heterocycles. The van der Waals surface area contributed by atoms with Crippen LogP contribution in [0.1, 0.15) is 28.4 Å². The summed E-state index contributed by atoms with van der Waals surface area (Å²) in [4.78, 5) is 23.6. The van der Waals surface area contributed by atoms with Crippen molar-refractivity contribution in [1.82, 2.24) is 9.88 Å². The fourth-order valence-corrected chi connectivity index (χ4v) is 1.82. The second-order valence-electron chi connectivity index (χ2n) is 4.45. The Kier molecular flexibility index (Phi) is 4.37. The van der Waals surface area contributed by atoms with Gasteiger partial charge in [0.05, 0.1) is 18.6 Å². The summed E-state index contributed by atoms with van der Waals surface area (Å²) in [7, 11) is 1.59. The van der Waals surface area contributed by atoms with E-state index in [1.165, 1.54) is 23.2 Å². The topological polar surface area (TPSA) is 84.5 Å². The average molecular weight is 276 g/mol. The number of nitrogens with one attached hydrogen (secondary N) is 1. The molecule has 0 aromatic carbocycles. The Morgan fingerprint density at radius 2 is 2.30 bits per heavy atom. The molecule has 0 unspecified atom stereocenters. The van der Waals surface area contributed by atoms with Gasteiger partial charge in [0.1, 0.15) is 5.56 Å². The van der Waals surface area contributed by atoms with Gasteiger partial charge in [-0.05, 0) is 24.6 Å². The highest BCUT2D eigenvalue weighted by Gasteiger charge is 2.12. The van der Waals surface area contributed by atoms with Crippen molar-refractivity contribution >= 4 is 5.91 Å². The molecule has 0 fully saturated rings. The zero-order chi connectivity index (χ0) is 14.5. The first-order valence-corrected chi connectivity index (χ1v) is 6.23. The number of carbonyl (C=O) groups is 1. The van der Waals surface area contributed by atoms with Gasteiger partial charge in [0.25, 0.3) is 11.5 Å². The van der Waals surface area contributed by atoms with E-state index in [0.29, 0.717) is 12.0 Å². The van der Waals surface area contributed by atoms with Crippen LogP contribution in [0, 0.1) is 0 Å². The van der Waals surface area contributed by atoms with E-state index in [9.17, 15) is 14.7 Å². The van der Waals surface area contributed by atoms with Crippen molar-refractivity contribution in [1.29, 1.82) is 0 Å². The lowest BCUT2D eigenvalue weighted by Crippen LogP contribution is -2.32. The summed E-state index contributed by atoms with van der Waals surface area (Å²) in [5.41, 5.74) is 0.406. The van der Waals surface area contributed by atoms with Crippen LogP contribution in [0.4, 0.5) is 0 Å². The molecular weight excluding hydrogens is 260 g/mol. The molecule has 6 heteroatoms. The SMILES string of the molecule is Cn1cccc(C(=O)NCC[C@H](O)c2ccoc2)c1=O. The van der Waals surface area contributed by atoms with Crippen LogP contribution in [-0.4, -0.2) is 22.1 Å². The molecule has 2 aromatic heterocycles. The Morgan fingerprint density at radius 3 is 3.00 bits per heavy atom. The van der Waals surface area contributed by atoms with Gasteiger partial charge in [0.2, 0.25) is 0 Å². The smallest absolute Gasteiger partial charge is 0.263 e. The van der Waals surface area contributed by atoms with Crippen LogP contribution in [0.25, 0.3) is 0 Å². The zero-order valence-corrected chi connectivity index (χ0v) is 11.1. The second kappa shape index (κ2) is 6.21. The summed E-state index contributed by atoms with van der Waals surface area (Å²) in [6.45, 7) is 0.267. The number of rotatable bonds is 5. The number of aromatic nitrogens is 1. The number of amides is 1. The molecule has 0 bridgehead atoms. The molecule has 2 aromatic rings. The van der Waals surface area contributed by atoms with E-state index in [4.69, 9.17) is 4.42 Å². The molecule has 0 spiro atoms. The van der Waals surface area contributed by atoms with Gasteiger partial charge in [0.15, 0.2) is 0 Å². The Hall–Kier alpha value is -2.34. The quantitative estimate of drug-likeness (QED) is 0.847. The van der Waals surface area contributed by atoms with Gasteiger partial charge in [0, 0.05) is 25.4 Å². The second-order valence-corrected chi connectivity index (χ2v) is 4.45. The highest BCUT2D eigenvalue weighted by Crippen LogP contribution is 2.15. The van der Waals surface area contributed by atoms with Crippen LogP contribution in [-0.2, 0) is 7.05 Å². The summed E-state index contributed by atoms with van der Waals surface area (Å²) >= 11 is 0. The van der Waals surface area contributed by atoms with Gasteiger partial charge >= 0.3 is 0 Å². The maximum Gasteiger partial charge on any atom is 0.263 e. The molecule has 0 radical (unpaired) electrons. The fraction of sp³-hybridized carbons (Fsp3) is 0.286. The van der Waals surface area contributed by atoms with Gasteiger partial charge in [-0.3, -0.25) is 9.59 Å². The van der Waals surface area contributed by atoms with Gasteiger partial charge in [-0.2, -0.15) is 0 Å². The van der Waals surface area contributed by atoms with E-state index in [1.54, 1.807) is 25.4 Å². The van der Waals surface area contributed by atoms with E-state index in [1.807, 2.05) is 0 Å². The molecule has 2 N–H and O–H groups in total. The lowest BCUT2D eigenvalue weighted by molar-refractivity contribution is 0.0940. The van der Waals surface area contributed by atoms with Crippen LogP contribution in [0.2, 0.25) is 0 Å². The molecule has 0 aliphatic rings. The first kappa shape index (κ1) is 14.1. The maximum absolute atomic E-state index is 11.9. The maximum atomic E-state index is 11.9. The van der Waals surface area contributed by atoms with E-state index < -0.39 is 12.0 Å².